The van der Waals surface area contributed by atoms with Crippen molar-refractivity contribution in [1.29, 1.82) is 0 Å². The number of aryl methyl sites for hydroxylation is 2. The number of likely N-dealkylation sites (N-methyl/N-ethyl adjacent to an activating group) is 1. The lowest BCUT2D eigenvalue weighted by Gasteiger charge is -2.17. The zero-order chi connectivity index (χ0) is 16.4. The highest BCUT2D eigenvalue weighted by Crippen LogP contribution is 2.14. The quantitative estimate of drug-likeness (QED) is 0.872. The zero-order valence-electron chi connectivity index (χ0n) is 13.1. The van der Waals surface area contributed by atoms with E-state index in [1.165, 1.54) is 17.1 Å². The zero-order valence-corrected chi connectivity index (χ0v) is 13.1. The fraction of sp³-hybridized carbons (Fsp3) is 0.429. The second-order valence-corrected chi connectivity index (χ2v) is 5.25. The molecule has 0 atom stereocenters. The summed E-state index contributed by atoms with van der Waals surface area (Å²) in [6, 6.07) is 0. The summed E-state index contributed by atoms with van der Waals surface area (Å²) in [5.41, 5.74) is 3.00. The Balaban J connectivity index is 2.04. The van der Waals surface area contributed by atoms with Gasteiger partial charge in [0.05, 0.1) is 17.5 Å². The van der Waals surface area contributed by atoms with Crippen LogP contribution in [0.25, 0.3) is 0 Å². The normalized spacial score (nSPS) is 10.7. The van der Waals surface area contributed by atoms with Crippen LogP contribution < -0.4 is 0 Å². The van der Waals surface area contributed by atoms with Crippen LogP contribution in [0.3, 0.4) is 0 Å². The van der Waals surface area contributed by atoms with Crippen molar-refractivity contribution in [3.63, 3.8) is 0 Å². The molecule has 0 aliphatic carbocycles. The average molecular weight is 305 g/mol. The third kappa shape index (κ3) is 3.16. The lowest BCUT2D eigenvalue weighted by atomic mass is 10.2. The maximum atomic E-state index is 12.2. The SMILES string of the molecule is Cc1nn(C)c(C)c1CN(C)C(=O)Cn1cc(C(=O)O)cn1. The minimum Gasteiger partial charge on any atom is -0.478 e. The van der Waals surface area contributed by atoms with Gasteiger partial charge in [-0.3, -0.25) is 14.2 Å². The molecule has 1 N–H and O–H groups in total. The van der Waals surface area contributed by atoms with E-state index in [-0.39, 0.29) is 18.0 Å². The topological polar surface area (TPSA) is 93.2 Å². The molecule has 0 saturated carbocycles. The molecule has 0 aromatic carbocycles. The Hall–Kier alpha value is -2.64. The molecule has 0 radical (unpaired) electrons. The van der Waals surface area contributed by atoms with Gasteiger partial charge in [-0.25, -0.2) is 4.79 Å². The maximum Gasteiger partial charge on any atom is 0.338 e. The van der Waals surface area contributed by atoms with Gasteiger partial charge in [0.2, 0.25) is 5.91 Å². The predicted octanol–water partition coefficient (Wildman–Crippen LogP) is 0.590. The summed E-state index contributed by atoms with van der Waals surface area (Å²) in [4.78, 5) is 24.6. The first-order valence-corrected chi connectivity index (χ1v) is 6.78. The van der Waals surface area contributed by atoms with E-state index in [1.807, 2.05) is 20.9 Å². The van der Waals surface area contributed by atoms with Crippen LogP contribution in [-0.4, -0.2) is 48.5 Å². The van der Waals surface area contributed by atoms with Gasteiger partial charge in [0.1, 0.15) is 6.54 Å². The molecule has 2 rings (SSSR count). The molecule has 0 spiro atoms. The molecule has 0 aliphatic rings. The Morgan fingerprint density at radius 3 is 2.55 bits per heavy atom. The number of aromatic carboxylic acids is 1. The molecular weight excluding hydrogens is 286 g/mol. The molecule has 0 aliphatic heterocycles. The summed E-state index contributed by atoms with van der Waals surface area (Å²) in [6.07, 6.45) is 2.57. The van der Waals surface area contributed by atoms with E-state index < -0.39 is 5.97 Å². The van der Waals surface area contributed by atoms with Gasteiger partial charge in [0, 0.05) is 38.1 Å². The standard InChI is InChI=1S/C14H19N5O3/c1-9-12(10(2)18(4)16-9)7-17(3)13(20)8-19-6-11(5-15-19)14(21)22/h5-6H,7-8H2,1-4H3,(H,21,22). The van der Waals surface area contributed by atoms with E-state index >= 15 is 0 Å². The number of rotatable bonds is 5. The number of hydrogen-bond acceptors (Lipinski definition) is 4. The first-order valence-electron chi connectivity index (χ1n) is 6.78. The van der Waals surface area contributed by atoms with Crippen molar-refractivity contribution in [2.45, 2.75) is 26.9 Å². The minimum absolute atomic E-state index is 0.00212. The monoisotopic (exact) mass is 305 g/mol. The van der Waals surface area contributed by atoms with Gasteiger partial charge in [0.15, 0.2) is 0 Å². The minimum atomic E-state index is -1.06. The second kappa shape index (κ2) is 6.00. The third-order valence-corrected chi connectivity index (χ3v) is 3.66. The lowest BCUT2D eigenvalue weighted by Crippen LogP contribution is -2.30. The molecule has 118 valence electrons. The van der Waals surface area contributed by atoms with Gasteiger partial charge in [-0.15, -0.1) is 0 Å². The Morgan fingerprint density at radius 2 is 2.05 bits per heavy atom. The van der Waals surface area contributed by atoms with E-state index in [0.717, 1.165) is 17.0 Å². The van der Waals surface area contributed by atoms with E-state index in [2.05, 4.69) is 10.2 Å². The summed E-state index contributed by atoms with van der Waals surface area (Å²) in [7, 11) is 3.57. The Labute approximate surface area is 127 Å². The molecule has 22 heavy (non-hydrogen) atoms. The molecule has 0 bridgehead atoms. The van der Waals surface area contributed by atoms with E-state index in [9.17, 15) is 9.59 Å². The fourth-order valence-electron chi connectivity index (χ4n) is 2.19. The Morgan fingerprint density at radius 1 is 1.36 bits per heavy atom. The molecule has 2 aromatic rings. The average Bonchev–Trinajstić information content (AvgIpc) is 2.99. The molecule has 8 heteroatoms. The van der Waals surface area contributed by atoms with E-state index in [4.69, 9.17) is 5.11 Å². The van der Waals surface area contributed by atoms with Crippen molar-refractivity contribution in [2.75, 3.05) is 7.05 Å². The number of aromatic nitrogens is 4. The molecule has 0 fully saturated rings. The molecule has 1 amide bonds. The summed E-state index contributed by atoms with van der Waals surface area (Å²) < 4.78 is 3.11. The van der Waals surface area contributed by atoms with Gasteiger partial charge in [0.25, 0.3) is 0 Å². The number of carboxylic acids is 1. The fourth-order valence-corrected chi connectivity index (χ4v) is 2.19. The van der Waals surface area contributed by atoms with Crippen LogP contribution >= 0.6 is 0 Å². The van der Waals surface area contributed by atoms with Gasteiger partial charge >= 0.3 is 5.97 Å². The Bertz CT molecular complexity index is 716. The van der Waals surface area contributed by atoms with Crippen LogP contribution in [-0.2, 0) is 24.9 Å². The van der Waals surface area contributed by atoms with Crippen molar-refractivity contribution >= 4 is 11.9 Å². The van der Waals surface area contributed by atoms with E-state index in [1.54, 1.807) is 16.6 Å². The number of carboxylic acid groups (broad SMARTS) is 1. The Kier molecular flexibility index (Phi) is 4.30. The van der Waals surface area contributed by atoms with Gasteiger partial charge in [-0.2, -0.15) is 10.2 Å². The second-order valence-electron chi connectivity index (χ2n) is 5.25. The van der Waals surface area contributed by atoms with Crippen molar-refractivity contribution < 1.29 is 14.7 Å². The van der Waals surface area contributed by atoms with E-state index in [0.29, 0.717) is 6.54 Å². The number of carbonyl (C=O) groups is 2. The summed E-state index contributed by atoms with van der Waals surface area (Å²) in [5, 5.41) is 17.0. The summed E-state index contributed by atoms with van der Waals surface area (Å²) >= 11 is 0. The van der Waals surface area contributed by atoms with Crippen LogP contribution in [0, 0.1) is 13.8 Å². The largest absolute Gasteiger partial charge is 0.478 e. The maximum absolute atomic E-state index is 12.2. The number of nitrogens with zero attached hydrogens (tertiary/aromatic N) is 5. The van der Waals surface area contributed by atoms with Crippen molar-refractivity contribution in [3.05, 3.63) is 34.9 Å². The van der Waals surface area contributed by atoms with Crippen molar-refractivity contribution in [1.82, 2.24) is 24.5 Å². The number of hydrogen-bond donors (Lipinski definition) is 1. The van der Waals surface area contributed by atoms with Gasteiger partial charge < -0.3 is 10.0 Å². The smallest absolute Gasteiger partial charge is 0.338 e. The van der Waals surface area contributed by atoms with Crippen molar-refractivity contribution in [2.24, 2.45) is 7.05 Å². The summed E-state index contributed by atoms with van der Waals surface area (Å²) in [5.74, 6) is -1.21. The van der Waals surface area contributed by atoms with Crippen LogP contribution in [0.1, 0.15) is 27.3 Å². The van der Waals surface area contributed by atoms with Gasteiger partial charge in [-0.05, 0) is 13.8 Å². The van der Waals surface area contributed by atoms with Crippen LogP contribution in [0.2, 0.25) is 0 Å². The summed E-state index contributed by atoms with van der Waals surface area (Å²) in [6.45, 7) is 4.33. The molecule has 2 aromatic heterocycles. The molecule has 8 nitrogen and oxygen atoms in total. The van der Waals surface area contributed by atoms with Crippen LogP contribution in [0.5, 0.6) is 0 Å². The number of amides is 1. The van der Waals surface area contributed by atoms with Crippen LogP contribution in [0.15, 0.2) is 12.4 Å². The molecule has 0 unspecified atom stereocenters. The highest BCUT2D eigenvalue weighted by Gasteiger charge is 2.16. The molecule has 2 heterocycles. The van der Waals surface area contributed by atoms with Gasteiger partial charge in [-0.1, -0.05) is 0 Å². The third-order valence-electron chi connectivity index (χ3n) is 3.66. The first kappa shape index (κ1) is 15.7. The number of carbonyl (C=O) groups excluding carboxylic acids is 1. The van der Waals surface area contributed by atoms with Crippen molar-refractivity contribution in [3.8, 4) is 0 Å². The highest BCUT2D eigenvalue weighted by molar-refractivity contribution is 5.87. The molecule has 0 saturated heterocycles. The lowest BCUT2D eigenvalue weighted by molar-refractivity contribution is -0.131. The first-order chi connectivity index (χ1) is 10.3. The predicted molar refractivity (Wildman–Crippen MR) is 78.3 cm³/mol. The molecular formula is C14H19N5O3. The van der Waals surface area contributed by atoms with Crippen LogP contribution in [0.4, 0.5) is 0 Å². The highest BCUT2D eigenvalue weighted by atomic mass is 16.4.